The number of hydrogen-bond donors (Lipinski definition) is 3. The molecule has 1 heterocycles. The highest BCUT2D eigenvalue weighted by atomic mass is 16.4. The van der Waals surface area contributed by atoms with Gasteiger partial charge < -0.3 is 5.11 Å². The van der Waals surface area contributed by atoms with Gasteiger partial charge in [0.25, 0.3) is 5.91 Å². The zero-order valence-corrected chi connectivity index (χ0v) is 10.4. The molecule has 0 fully saturated rings. The minimum Gasteiger partial charge on any atom is -0.480 e. The van der Waals surface area contributed by atoms with Crippen LogP contribution >= 0.6 is 0 Å². The molecule has 1 amide bonds. The van der Waals surface area contributed by atoms with Crippen molar-refractivity contribution in [2.75, 3.05) is 25.1 Å². The maximum Gasteiger partial charge on any atom is 0.317 e. The second-order valence-electron chi connectivity index (χ2n) is 3.74. The van der Waals surface area contributed by atoms with Crippen LogP contribution in [0.25, 0.3) is 0 Å². The minimum atomic E-state index is -0.993. The number of carboxylic acid groups (broad SMARTS) is 1. The summed E-state index contributed by atoms with van der Waals surface area (Å²) in [5, 5.41) is 8.70. The molecule has 0 bridgehead atoms. The number of hydrazine groups is 1. The van der Waals surface area contributed by atoms with E-state index in [0.717, 1.165) is 0 Å². The molecule has 1 aromatic rings. The van der Waals surface area contributed by atoms with Gasteiger partial charge in [-0.25, -0.2) is 4.98 Å². The van der Waals surface area contributed by atoms with Crippen molar-refractivity contribution < 1.29 is 14.7 Å². The highest BCUT2D eigenvalue weighted by molar-refractivity contribution is 5.80. The van der Waals surface area contributed by atoms with Crippen LogP contribution in [0.15, 0.2) is 37.1 Å². The van der Waals surface area contributed by atoms with Crippen molar-refractivity contribution in [2.45, 2.75) is 0 Å². The zero-order chi connectivity index (χ0) is 14.1. The Bertz CT molecular complexity index is 436. The number of carboxylic acids is 1. The van der Waals surface area contributed by atoms with Gasteiger partial charge in [-0.05, 0) is 12.1 Å². The Kier molecular flexibility index (Phi) is 6.04. The third-order valence-electron chi connectivity index (χ3n) is 2.11. The summed E-state index contributed by atoms with van der Waals surface area (Å²) in [6.45, 7) is 3.58. The maximum absolute atomic E-state index is 11.6. The molecule has 7 heteroatoms. The Balaban J connectivity index is 2.39. The van der Waals surface area contributed by atoms with E-state index in [1.165, 1.54) is 4.90 Å². The molecule has 0 aliphatic rings. The number of rotatable bonds is 8. The van der Waals surface area contributed by atoms with Gasteiger partial charge in [-0.3, -0.25) is 25.3 Å². The Morgan fingerprint density at radius 3 is 2.79 bits per heavy atom. The number of hydrogen-bond acceptors (Lipinski definition) is 5. The van der Waals surface area contributed by atoms with Crippen molar-refractivity contribution in [3.63, 3.8) is 0 Å². The van der Waals surface area contributed by atoms with E-state index < -0.39 is 5.97 Å². The van der Waals surface area contributed by atoms with Gasteiger partial charge in [0, 0.05) is 12.7 Å². The van der Waals surface area contributed by atoms with Gasteiger partial charge in [0.1, 0.15) is 5.82 Å². The van der Waals surface area contributed by atoms with E-state index in [1.807, 2.05) is 0 Å². The van der Waals surface area contributed by atoms with E-state index in [4.69, 9.17) is 5.11 Å². The molecule has 0 radical (unpaired) electrons. The summed E-state index contributed by atoms with van der Waals surface area (Å²) in [6, 6.07) is 5.22. The first kappa shape index (κ1) is 14.7. The molecule has 7 nitrogen and oxygen atoms in total. The van der Waals surface area contributed by atoms with Gasteiger partial charge in [-0.2, -0.15) is 0 Å². The van der Waals surface area contributed by atoms with E-state index in [2.05, 4.69) is 22.4 Å². The Morgan fingerprint density at radius 2 is 2.21 bits per heavy atom. The molecular formula is C12H16N4O3. The molecule has 0 aliphatic carbocycles. The Hall–Kier alpha value is -2.41. The summed E-state index contributed by atoms with van der Waals surface area (Å²) in [7, 11) is 0. The molecular weight excluding hydrogens is 248 g/mol. The maximum atomic E-state index is 11.6. The lowest BCUT2D eigenvalue weighted by Crippen LogP contribution is -2.41. The molecule has 102 valence electrons. The number of anilines is 1. The number of carbonyl (C=O) groups is 2. The molecule has 19 heavy (non-hydrogen) atoms. The number of pyridine rings is 1. The predicted octanol–water partition coefficient (Wildman–Crippen LogP) is 0.0973. The third-order valence-corrected chi connectivity index (χ3v) is 2.11. The van der Waals surface area contributed by atoms with Crippen molar-refractivity contribution in [3.8, 4) is 0 Å². The second kappa shape index (κ2) is 7.83. The lowest BCUT2D eigenvalue weighted by molar-refractivity contribution is -0.138. The topological polar surface area (TPSA) is 94.6 Å². The number of aromatic nitrogens is 1. The summed E-state index contributed by atoms with van der Waals surface area (Å²) >= 11 is 0. The van der Waals surface area contributed by atoms with Crippen LogP contribution in [0.1, 0.15) is 0 Å². The van der Waals surface area contributed by atoms with Crippen molar-refractivity contribution in [1.29, 1.82) is 0 Å². The molecule has 0 saturated heterocycles. The number of aliphatic carboxylic acids is 1. The van der Waals surface area contributed by atoms with Crippen LogP contribution in [-0.2, 0) is 9.59 Å². The summed E-state index contributed by atoms with van der Waals surface area (Å²) < 4.78 is 0. The number of nitrogens with one attached hydrogen (secondary N) is 2. The third kappa shape index (κ3) is 6.18. The first-order valence-corrected chi connectivity index (χ1v) is 5.62. The zero-order valence-electron chi connectivity index (χ0n) is 10.4. The quantitative estimate of drug-likeness (QED) is 0.455. The normalized spacial score (nSPS) is 9.95. The van der Waals surface area contributed by atoms with Crippen molar-refractivity contribution in [3.05, 3.63) is 37.1 Å². The van der Waals surface area contributed by atoms with Crippen LogP contribution in [0.4, 0.5) is 5.82 Å². The molecule has 0 spiro atoms. The van der Waals surface area contributed by atoms with Gasteiger partial charge >= 0.3 is 5.97 Å². The highest BCUT2D eigenvalue weighted by Crippen LogP contribution is 1.97. The Morgan fingerprint density at radius 1 is 1.42 bits per heavy atom. The first-order valence-electron chi connectivity index (χ1n) is 5.62. The van der Waals surface area contributed by atoms with E-state index in [1.54, 1.807) is 30.5 Å². The van der Waals surface area contributed by atoms with E-state index >= 15 is 0 Å². The van der Waals surface area contributed by atoms with Crippen LogP contribution in [0, 0.1) is 0 Å². The molecule has 3 N–H and O–H groups in total. The monoisotopic (exact) mass is 264 g/mol. The standard InChI is InChI=1S/C12H16N4O3/c1-2-7-16(9-12(18)19)8-11(17)15-14-10-5-3-4-6-13-10/h2-6H,1,7-9H2,(H,13,14)(H,15,17)(H,18,19). The smallest absolute Gasteiger partial charge is 0.317 e. The average Bonchev–Trinajstić information content (AvgIpc) is 2.37. The van der Waals surface area contributed by atoms with Crippen LogP contribution in [-0.4, -0.2) is 46.5 Å². The molecule has 0 atom stereocenters. The lowest BCUT2D eigenvalue weighted by Gasteiger charge is -2.17. The Labute approximate surface area is 110 Å². The second-order valence-corrected chi connectivity index (χ2v) is 3.74. The van der Waals surface area contributed by atoms with Crippen LogP contribution in [0.3, 0.4) is 0 Å². The van der Waals surface area contributed by atoms with Crippen molar-refractivity contribution in [2.24, 2.45) is 0 Å². The predicted molar refractivity (Wildman–Crippen MR) is 70.3 cm³/mol. The molecule has 0 aromatic carbocycles. The van der Waals surface area contributed by atoms with Crippen molar-refractivity contribution in [1.82, 2.24) is 15.3 Å². The number of carbonyl (C=O) groups excluding carboxylic acids is 1. The highest BCUT2D eigenvalue weighted by Gasteiger charge is 2.12. The molecule has 1 aromatic heterocycles. The minimum absolute atomic E-state index is 0.0435. The van der Waals surface area contributed by atoms with Crippen molar-refractivity contribution >= 4 is 17.7 Å². The number of amides is 1. The van der Waals surface area contributed by atoms with E-state index in [0.29, 0.717) is 12.4 Å². The summed E-state index contributed by atoms with van der Waals surface area (Å²) in [5.41, 5.74) is 5.08. The van der Waals surface area contributed by atoms with Crippen LogP contribution < -0.4 is 10.9 Å². The van der Waals surface area contributed by atoms with Gasteiger partial charge in [-0.1, -0.05) is 12.1 Å². The largest absolute Gasteiger partial charge is 0.480 e. The van der Waals surface area contributed by atoms with Gasteiger partial charge in [0.15, 0.2) is 0 Å². The fraction of sp³-hybridized carbons (Fsp3) is 0.250. The van der Waals surface area contributed by atoms with E-state index in [-0.39, 0.29) is 19.0 Å². The fourth-order valence-corrected chi connectivity index (χ4v) is 1.37. The summed E-state index contributed by atoms with van der Waals surface area (Å²) in [6.07, 6.45) is 3.13. The number of nitrogens with zero attached hydrogens (tertiary/aromatic N) is 2. The SMILES string of the molecule is C=CCN(CC(=O)O)CC(=O)NNc1ccccn1. The van der Waals surface area contributed by atoms with Gasteiger partial charge in [0.2, 0.25) is 0 Å². The molecule has 0 unspecified atom stereocenters. The summed E-state index contributed by atoms with van der Waals surface area (Å²) in [4.78, 5) is 27.6. The molecule has 0 saturated carbocycles. The van der Waals surface area contributed by atoms with Gasteiger partial charge in [0.05, 0.1) is 13.1 Å². The van der Waals surface area contributed by atoms with E-state index in [9.17, 15) is 9.59 Å². The first-order chi connectivity index (χ1) is 9.11. The summed E-state index contributed by atoms with van der Waals surface area (Å²) in [5.74, 6) is -0.842. The van der Waals surface area contributed by atoms with Crippen LogP contribution in [0.2, 0.25) is 0 Å². The van der Waals surface area contributed by atoms with Crippen LogP contribution in [0.5, 0.6) is 0 Å². The molecule has 1 rings (SSSR count). The lowest BCUT2D eigenvalue weighted by atomic mass is 10.4. The molecule has 0 aliphatic heterocycles. The average molecular weight is 264 g/mol. The fourth-order valence-electron chi connectivity index (χ4n) is 1.37. The van der Waals surface area contributed by atoms with Gasteiger partial charge in [-0.15, -0.1) is 6.58 Å².